The molecule has 7 nitrogen and oxygen atoms in total. The number of ether oxygens (including phenoxy) is 2. The molecule has 5 rings (SSSR count). The standard InChI is InChI=1S/C29H26N2O5/c1-34-26-16-20-13-14-31(18-22(20)17-27(26)35-2)29(33)25-12-11-24(36-25)21-9-6-10-23(15-21)30-28(32)19-7-4-3-5-8-19/h3-12,15-17H,13-14,18H2,1-2H3,(H,30,32). The van der Waals surface area contributed by atoms with Crippen LogP contribution in [0, 0.1) is 0 Å². The lowest BCUT2D eigenvalue weighted by molar-refractivity contribution is 0.0703. The third-order valence-electron chi connectivity index (χ3n) is 6.26. The minimum absolute atomic E-state index is 0.171. The molecule has 7 heteroatoms. The monoisotopic (exact) mass is 482 g/mol. The molecule has 0 saturated carbocycles. The molecule has 1 aliphatic rings. The SMILES string of the molecule is COc1cc2c(cc1OC)CN(C(=O)c1ccc(-c3cccc(NC(=O)c4ccccc4)c3)o1)CC2. The summed E-state index contributed by atoms with van der Waals surface area (Å²) in [6.07, 6.45) is 0.720. The number of hydrogen-bond donors (Lipinski definition) is 1. The molecule has 1 aromatic heterocycles. The second-order valence-corrected chi connectivity index (χ2v) is 8.52. The number of rotatable bonds is 6. The fourth-order valence-corrected chi connectivity index (χ4v) is 4.36. The lowest BCUT2D eigenvalue weighted by atomic mass is 9.98. The lowest BCUT2D eigenvalue weighted by Crippen LogP contribution is -2.35. The predicted octanol–water partition coefficient (Wildman–Crippen LogP) is 5.41. The van der Waals surface area contributed by atoms with Crippen molar-refractivity contribution in [2.24, 2.45) is 0 Å². The fraction of sp³-hybridized carbons (Fsp3) is 0.172. The summed E-state index contributed by atoms with van der Waals surface area (Å²) >= 11 is 0. The van der Waals surface area contributed by atoms with Crippen LogP contribution < -0.4 is 14.8 Å². The Hall–Kier alpha value is -4.52. The minimum atomic E-state index is -0.192. The molecule has 0 unspecified atom stereocenters. The molecule has 0 aliphatic carbocycles. The molecule has 0 fully saturated rings. The summed E-state index contributed by atoms with van der Waals surface area (Å²) < 4.78 is 16.8. The van der Waals surface area contributed by atoms with Gasteiger partial charge in [-0.2, -0.15) is 0 Å². The maximum Gasteiger partial charge on any atom is 0.289 e. The Bertz CT molecular complexity index is 1410. The van der Waals surface area contributed by atoms with Crippen molar-refractivity contribution in [3.8, 4) is 22.8 Å². The van der Waals surface area contributed by atoms with Crippen molar-refractivity contribution in [1.82, 2.24) is 4.90 Å². The van der Waals surface area contributed by atoms with Gasteiger partial charge in [0.2, 0.25) is 0 Å². The van der Waals surface area contributed by atoms with Crippen LogP contribution in [-0.2, 0) is 13.0 Å². The molecule has 1 N–H and O–H groups in total. The minimum Gasteiger partial charge on any atom is -0.493 e. The number of carbonyl (C=O) groups excluding carboxylic acids is 2. The van der Waals surface area contributed by atoms with Crippen molar-refractivity contribution < 1.29 is 23.5 Å². The Morgan fingerprint density at radius 3 is 2.36 bits per heavy atom. The number of nitrogens with one attached hydrogen (secondary N) is 1. The van der Waals surface area contributed by atoms with Gasteiger partial charge in [-0.25, -0.2) is 0 Å². The third-order valence-corrected chi connectivity index (χ3v) is 6.26. The summed E-state index contributed by atoms with van der Waals surface area (Å²) in [7, 11) is 3.22. The van der Waals surface area contributed by atoms with E-state index >= 15 is 0 Å². The second-order valence-electron chi connectivity index (χ2n) is 8.52. The first-order valence-electron chi connectivity index (χ1n) is 11.7. The Balaban J connectivity index is 1.31. The summed E-state index contributed by atoms with van der Waals surface area (Å²) in [4.78, 5) is 27.5. The van der Waals surface area contributed by atoms with Crippen LogP contribution in [0.3, 0.4) is 0 Å². The van der Waals surface area contributed by atoms with Crippen molar-refractivity contribution >= 4 is 17.5 Å². The molecule has 0 radical (unpaired) electrons. The van der Waals surface area contributed by atoms with Gasteiger partial charge in [-0.15, -0.1) is 0 Å². The zero-order chi connectivity index (χ0) is 25.1. The summed E-state index contributed by atoms with van der Waals surface area (Å²) in [5.74, 6) is 1.79. The van der Waals surface area contributed by atoms with Gasteiger partial charge in [0.05, 0.1) is 14.2 Å². The maximum atomic E-state index is 13.2. The predicted molar refractivity (Wildman–Crippen MR) is 137 cm³/mol. The number of carbonyl (C=O) groups is 2. The summed E-state index contributed by atoms with van der Waals surface area (Å²) in [5, 5.41) is 2.90. The van der Waals surface area contributed by atoms with E-state index in [1.54, 1.807) is 43.4 Å². The molecule has 36 heavy (non-hydrogen) atoms. The van der Waals surface area contributed by atoms with Gasteiger partial charge in [-0.3, -0.25) is 9.59 Å². The quantitative estimate of drug-likeness (QED) is 0.397. The van der Waals surface area contributed by atoms with Crippen LogP contribution in [0.15, 0.2) is 83.3 Å². The van der Waals surface area contributed by atoms with E-state index in [1.165, 1.54) is 0 Å². The van der Waals surface area contributed by atoms with E-state index in [4.69, 9.17) is 13.9 Å². The van der Waals surface area contributed by atoms with Crippen molar-refractivity contribution in [3.05, 3.63) is 101 Å². The third kappa shape index (κ3) is 4.68. The van der Waals surface area contributed by atoms with Gasteiger partial charge in [0.15, 0.2) is 17.3 Å². The van der Waals surface area contributed by atoms with Gasteiger partial charge < -0.3 is 24.1 Å². The Labute approximate surface area is 209 Å². The van der Waals surface area contributed by atoms with Crippen LogP contribution in [0.4, 0.5) is 5.69 Å². The second kappa shape index (κ2) is 10.00. The van der Waals surface area contributed by atoms with Gasteiger partial charge in [-0.05, 0) is 66.1 Å². The van der Waals surface area contributed by atoms with E-state index < -0.39 is 0 Å². The summed E-state index contributed by atoms with van der Waals surface area (Å²) in [6.45, 7) is 1.05. The summed E-state index contributed by atoms with van der Waals surface area (Å²) in [6, 6.07) is 23.7. The Morgan fingerprint density at radius 2 is 1.61 bits per heavy atom. The van der Waals surface area contributed by atoms with Gasteiger partial charge in [0, 0.05) is 29.9 Å². The number of furan rings is 1. The zero-order valence-corrected chi connectivity index (χ0v) is 20.1. The van der Waals surface area contributed by atoms with Crippen molar-refractivity contribution in [1.29, 1.82) is 0 Å². The van der Waals surface area contributed by atoms with Gasteiger partial charge in [-0.1, -0.05) is 30.3 Å². The van der Waals surface area contributed by atoms with Crippen molar-refractivity contribution in [3.63, 3.8) is 0 Å². The molecular formula is C29H26N2O5. The highest BCUT2D eigenvalue weighted by atomic mass is 16.5. The molecule has 0 spiro atoms. The molecule has 2 heterocycles. The molecule has 2 amide bonds. The van der Waals surface area contributed by atoms with Gasteiger partial charge in [0.1, 0.15) is 5.76 Å². The lowest BCUT2D eigenvalue weighted by Gasteiger charge is -2.29. The summed E-state index contributed by atoms with van der Waals surface area (Å²) in [5.41, 5.74) is 4.16. The van der Waals surface area contributed by atoms with Crippen LogP contribution in [0.2, 0.25) is 0 Å². The first kappa shape index (κ1) is 23.2. The molecule has 0 saturated heterocycles. The first-order valence-corrected chi connectivity index (χ1v) is 11.7. The van der Waals surface area contributed by atoms with Crippen LogP contribution >= 0.6 is 0 Å². The van der Waals surface area contributed by atoms with E-state index in [2.05, 4.69) is 5.32 Å². The first-order chi connectivity index (χ1) is 17.6. The van der Waals surface area contributed by atoms with Crippen LogP contribution in [0.5, 0.6) is 11.5 Å². The van der Waals surface area contributed by atoms with Gasteiger partial charge in [0.25, 0.3) is 11.8 Å². The molecule has 4 aromatic rings. The van der Waals surface area contributed by atoms with Gasteiger partial charge >= 0.3 is 0 Å². The normalized spacial score (nSPS) is 12.6. The number of anilines is 1. The number of methoxy groups -OCH3 is 2. The molecular weight excluding hydrogens is 456 g/mol. The van der Waals surface area contributed by atoms with Crippen LogP contribution in [0.1, 0.15) is 32.0 Å². The van der Waals surface area contributed by atoms with E-state index in [0.717, 1.165) is 23.1 Å². The largest absolute Gasteiger partial charge is 0.493 e. The number of nitrogens with zero attached hydrogens (tertiary/aromatic N) is 1. The highest BCUT2D eigenvalue weighted by Crippen LogP contribution is 2.34. The van der Waals surface area contributed by atoms with E-state index in [-0.39, 0.29) is 17.6 Å². The van der Waals surface area contributed by atoms with Crippen molar-refractivity contribution in [2.45, 2.75) is 13.0 Å². The van der Waals surface area contributed by atoms with Crippen LogP contribution in [0.25, 0.3) is 11.3 Å². The Morgan fingerprint density at radius 1 is 0.861 bits per heavy atom. The fourth-order valence-electron chi connectivity index (χ4n) is 4.36. The smallest absolute Gasteiger partial charge is 0.289 e. The van der Waals surface area contributed by atoms with Crippen molar-refractivity contribution in [2.75, 3.05) is 26.1 Å². The Kier molecular flexibility index (Phi) is 6.45. The van der Waals surface area contributed by atoms with E-state index in [1.807, 2.05) is 54.6 Å². The maximum absolute atomic E-state index is 13.2. The average molecular weight is 483 g/mol. The molecule has 182 valence electrons. The zero-order valence-electron chi connectivity index (χ0n) is 20.1. The number of fused-ring (bicyclic) bond motifs is 1. The van der Waals surface area contributed by atoms with Crippen LogP contribution in [-0.4, -0.2) is 37.5 Å². The topological polar surface area (TPSA) is 81.0 Å². The van der Waals surface area contributed by atoms with E-state index in [9.17, 15) is 9.59 Å². The van der Waals surface area contributed by atoms with E-state index in [0.29, 0.717) is 41.6 Å². The highest BCUT2D eigenvalue weighted by molar-refractivity contribution is 6.04. The number of hydrogen-bond acceptors (Lipinski definition) is 5. The molecule has 0 atom stereocenters. The molecule has 0 bridgehead atoms. The molecule has 3 aromatic carbocycles. The average Bonchev–Trinajstić information content (AvgIpc) is 3.42. The number of benzene rings is 3. The highest BCUT2D eigenvalue weighted by Gasteiger charge is 2.25. The molecule has 1 aliphatic heterocycles. The number of amides is 2.